The molecule has 0 aromatic heterocycles. The molecule has 3 rings (SSSR count). The predicted octanol–water partition coefficient (Wildman–Crippen LogP) is 2.48. The molecular formula is C16H18N2O5S. The summed E-state index contributed by atoms with van der Waals surface area (Å²) >= 11 is 1.44. The Hall–Kier alpha value is -2.09. The number of nitro benzene ring substituents is 1. The van der Waals surface area contributed by atoms with E-state index in [1.54, 1.807) is 17.0 Å². The minimum absolute atomic E-state index is 0.00531. The van der Waals surface area contributed by atoms with Gasteiger partial charge in [0.2, 0.25) is 5.91 Å². The third-order valence-corrected chi connectivity index (χ3v) is 5.80. The maximum absolute atomic E-state index is 12.7. The van der Waals surface area contributed by atoms with Gasteiger partial charge in [-0.15, -0.1) is 11.8 Å². The molecular weight excluding hydrogens is 332 g/mol. The highest BCUT2D eigenvalue weighted by molar-refractivity contribution is 8.01. The quantitative estimate of drug-likeness (QED) is 0.339. The van der Waals surface area contributed by atoms with E-state index in [1.165, 1.54) is 23.9 Å². The number of rotatable bonds is 6. The summed E-state index contributed by atoms with van der Waals surface area (Å²) in [6.07, 6.45) is 1.95. The van der Waals surface area contributed by atoms with Crippen LogP contribution in [-0.4, -0.2) is 38.4 Å². The number of hydrogen-bond acceptors (Lipinski definition) is 6. The number of carbonyl (C=O) groups excluding carboxylic acids is 2. The average Bonchev–Trinajstić information content (AvgIpc) is 2.86. The zero-order valence-corrected chi connectivity index (χ0v) is 14.1. The molecule has 0 radical (unpaired) electrons. The molecule has 2 aliphatic rings. The van der Waals surface area contributed by atoms with Crippen molar-refractivity contribution in [2.75, 3.05) is 5.75 Å². The van der Waals surface area contributed by atoms with Crippen molar-refractivity contribution in [3.8, 4) is 0 Å². The summed E-state index contributed by atoms with van der Waals surface area (Å²) in [6.45, 7) is 1.99. The first-order valence-corrected chi connectivity index (χ1v) is 8.83. The third kappa shape index (κ3) is 2.75. The van der Waals surface area contributed by atoms with Gasteiger partial charge in [-0.2, -0.15) is 0 Å². The van der Waals surface area contributed by atoms with Gasteiger partial charge in [-0.3, -0.25) is 14.9 Å². The monoisotopic (exact) mass is 350 g/mol. The molecule has 2 atom stereocenters. The molecule has 2 saturated heterocycles. The molecule has 24 heavy (non-hydrogen) atoms. The Bertz CT molecular complexity index is 674. The van der Waals surface area contributed by atoms with E-state index in [0.717, 1.165) is 6.42 Å². The number of ether oxygens (including phenoxy) is 1. The molecule has 1 amide bonds. The zero-order valence-electron chi connectivity index (χ0n) is 13.3. The van der Waals surface area contributed by atoms with E-state index in [9.17, 15) is 19.7 Å². The van der Waals surface area contributed by atoms with Crippen LogP contribution >= 0.6 is 11.8 Å². The maximum atomic E-state index is 12.7. The number of carbonyl (C=O) groups is 2. The van der Waals surface area contributed by atoms with Gasteiger partial charge in [0.1, 0.15) is 6.61 Å². The lowest BCUT2D eigenvalue weighted by molar-refractivity contribution is -0.384. The summed E-state index contributed by atoms with van der Waals surface area (Å²) < 4.78 is 5.45. The molecule has 0 saturated carbocycles. The van der Waals surface area contributed by atoms with E-state index in [-0.39, 0.29) is 24.2 Å². The summed E-state index contributed by atoms with van der Waals surface area (Å²) in [4.78, 5) is 35.6. The smallest absolute Gasteiger partial charge is 0.343 e. The number of amides is 1. The first kappa shape index (κ1) is 16.8. The Morgan fingerprint density at radius 2 is 2.17 bits per heavy atom. The van der Waals surface area contributed by atoms with Gasteiger partial charge >= 0.3 is 5.97 Å². The average molecular weight is 350 g/mol. The van der Waals surface area contributed by atoms with E-state index in [1.807, 2.05) is 6.92 Å². The van der Waals surface area contributed by atoms with Gasteiger partial charge in [-0.05, 0) is 36.3 Å². The second kappa shape index (κ2) is 6.43. The van der Waals surface area contributed by atoms with Crippen LogP contribution < -0.4 is 0 Å². The summed E-state index contributed by atoms with van der Waals surface area (Å²) in [5, 5.41) is 10.7. The molecule has 7 nitrogen and oxygen atoms in total. The molecule has 0 aliphatic carbocycles. The third-order valence-electron chi connectivity index (χ3n) is 4.47. The number of nitrogens with zero attached hydrogens (tertiary/aromatic N) is 2. The summed E-state index contributed by atoms with van der Waals surface area (Å²) in [7, 11) is 0. The lowest BCUT2D eigenvalue weighted by Crippen LogP contribution is -2.61. The van der Waals surface area contributed by atoms with Gasteiger partial charge < -0.3 is 9.64 Å². The first-order valence-electron chi connectivity index (χ1n) is 7.84. The number of benzene rings is 1. The lowest BCUT2D eigenvalue weighted by Gasteiger charge is -2.44. The lowest BCUT2D eigenvalue weighted by atomic mass is 10.0. The van der Waals surface area contributed by atoms with E-state index >= 15 is 0 Å². The number of non-ortho nitro benzene ring substituents is 1. The van der Waals surface area contributed by atoms with Crippen LogP contribution in [0.2, 0.25) is 0 Å². The van der Waals surface area contributed by atoms with Crippen LogP contribution in [0.25, 0.3) is 0 Å². The fourth-order valence-electron chi connectivity index (χ4n) is 3.31. The normalized spacial score (nSPS) is 25.1. The van der Waals surface area contributed by atoms with E-state index < -0.39 is 15.8 Å². The van der Waals surface area contributed by atoms with E-state index in [0.29, 0.717) is 24.2 Å². The van der Waals surface area contributed by atoms with Crippen molar-refractivity contribution in [1.29, 1.82) is 0 Å². The topological polar surface area (TPSA) is 89.7 Å². The maximum Gasteiger partial charge on any atom is 0.343 e. The second-order valence-electron chi connectivity index (χ2n) is 5.88. The summed E-state index contributed by atoms with van der Waals surface area (Å²) in [6, 6.07) is 6.05. The largest absolute Gasteiger partial charge is 0.458 e. The van der Waals surface area contributed by atoms with Crippen molar-refractivity contribution in [2.24, 2.45) is 0 Å². The molecule has 8 heteroatoms. The van der Waals surface area contributed by atoms with Crippen LogP contribution in [0, 0.1) is 10.1 Å². The number of fused-ring (bicyclic) bond motifs is 1. The molecule has 2 unspecified atom stereocenters. The number of hydrogen-bond donors (Lipinski definition) is 0. The molecule has 2 heterocycles. The zero-order chi connectivity index (χ0) is 17.3. The SMILES string of the molecule is CCSC1(C(=O)OCc2ccc([N+](=O)[O-])cc2)CCC2CC(=O)N21. The molecule has 2 aliphatic heterocycles. The van der Waals surface area contributed by atoms with Crippen LogP contribution in [0.1, 0.15) is 31.7 Å². The van der Waals surface area contributed by atoms with Gasteiger partial charge in [0.05, 0.1) is 4.92 Å². The minimum Gasteiger partial charge on any atom is -0.458 e. The van der Waals surface area contributed by atoms with Crippen molar-refractivity contribution in [3.05, 3.63) is 39.9 Å². The standard InChI is InChI=1S/C16H18N2O5S/c1-2-24-16(8-7-13-9-14(19)17(13)16)15(20)23-10-11-3-5-12(6-4-11)18(21)22/h3-6,13H,2,7-10H2,1H3. The molecule has 1 aromatic carbocycles. The Morgan fingerprint density at radius 3 is 2.75 bits per heavy atom. The number of esters is 1. The van der Waals surface area contributed by atoms with Crippen LogP contribution in [0.4, 0.5) is 5.69 Å². The van der Waals surface area contributed by atoms with Gasteiger partial charge in [-0.25, -0.2) is 4.79 Å². The Labute approximate surface area is 143 Å². The summed E-state index contributed by atoms with van der Waals surface area (Å²) in [5.74, 6) is 0.317. The Balaban J connectivity index is 1.68. The highest BCUT2D eigenvalue weighted by Gasteiger charge is 2.60. The fraction of sp³-hybridized carbons (Fsp3) is 0.500. The number of thioether (sulfide) groups is 1. The first-order chi connectivity index (χ1) is 11.5. The molecule has 0 spiro atoms. The molecule has 2 fully saturated rings. The second-order valence-corrected chi connectivity index (χ2v) is 7.42. The molecule has 0 N–H and O–H groups in total. The molecule has 128 valence electrons. The van der Waals surface area contributed by atoms with Gasteiger partial charge in [0.25, 0.3) is 5.69 Å². The highest BCUT2D eigenvalue weighted by Crippen LogP contribution is 2.49. The highest BCUT2D eigenvalue weighted by atomic mass is 32.2. The van der Waals surface area contributed by atoms with E-state index in [2.05, 4.69) is 0 Å². The number of nitro groups is 1. The minimum atomic E-state index is -0.907. The summed E-state index contributed by atoms with van der Waals surface area (Å²) in [5.41, 5.74) is 0.669. The van der Waals surface area contributed by atoms with Crippen molar-refractivity contribution in [3.63, 3.8) is 0 Å². The van der Waals surface area contributed by atoms with Gasteiger partial charge in [-0.1, -0.05) is 6.92 Å². The molecule has 0 bridgehead atoms. The van der Waals surface area contributed by atoms with Gasteiger partial charge in [0, 0.05) is 24.6 Å². The molecule has 1 aromatic rings. The van der Waals surface area contributed by atoms with E-state index in [4.69, 9.17) is 4.74 Å². The predicted molar refractivity (Wildman–Crippen MR) is 88.2 cm³/mol. The van der Waals surface area contributed by atoms with Crippen LogP contribution in [-0.2, 0) is 20.9 Å². The van der Waals surface area contributed by atoms with Crippen molar-refractivity contribution >= 4 is 29.3 Å². The fourth-order valence-corrected chi connectivity index (χ4v) is 4.61. The van der Waals surface area contributed by atoms with Crippen LogP contribution in [0.15, 0.2) is 24.3 Å². The Kier molecular flexibility index (Phi) is 4.49. The number of β-lactam (4-membered cyclic amide) rings is 1. The van der Waals surface area contributed by atoms with Gasteiger partial charge in [0.15, 0.2) is 4.87 Å². The van der Waals surface area contributed by atoms with Crippen molar-refractivity contribution < 1.29 is 19.2 Å². The Morgan fingerprint density at radius 1 is 1.46 bits per heavy atom. The van der Waals surface area contributed by atoms with Crippen molar-refractivity contribution in [1.82, 2.24) is 4.90 Å². The van der Waals surface area contributed by atoms with Crippen LogP contribution in [0.3, 0.4) is 0 Å². The van der Waals surface area contributed by atoms with Crippen LogP contribution in [0.5, 0.6) is 0 Å². The van der Waals surface area contributed by atoms with Crippen molar-refractivity contribution in [2.45, 2.75) is 43.7 Å².